The molecule has 0 heterocycles. The molecule has 15 heavy (non-hydrogen) atoms. The van der Waals surface area contributed by atoms with E-state index in [1.807, 2.05) is 6.92 Å². The number of carbonyl (C=O) groups excluding carboxylic acids is 1. The number of alkyl carbamates (subject to hydrolysis) is 1. The Morgan fingerprint density at radius 1 is 1.47 bits per heavy atom. The summed E-state index contributed by atoms with van der Waals surface area (Å²) >= 11 is 0. The highest BCUT2D eigenvalue weighted by molar-refractivity contribution is 5.67. The zero-order valence-electron chi connectivity index (χ0n) is 9.50. The van der Waals surface area contributed by atoms with Crippen molar-refractivity contribution in [3.05, 3.63) is 12.2 Å². The summed E-state index contributed by atoms with van der Waals surface area (Å²) in [5.74, 6) is 0. The molecule has 3 heteroatoms. The van der Waals surface area contributed by atoms with Gasteiger partial charge in [-0.25, -0.2) is 4.79 Å². The van der Waals surface area contributed by atoms with Crippen molar-refractivity contribution < 1.29 is 11.0 Å². The molecule has 0 fully saturated rings. The SMILES string of the molecule is CCCNC(=O)OC1CC/C=C/CCC1.[HH]. The molecule has 1 unspecified atom stereocenters. The summed E-state index contributed by atoms with van der Waals surface area (Å²) in [7, 11) is 0. The van der Waals surface area contributed by atoms with Crippen LogP contribution in [-0.4, -0.2) is 18.7 Å². The molecule has 1 aliphatic rings. The number of hydrogen-bond acceptors (Lipinski definition) is 2. The first-order chi connectivity index (χ1) is 7.33. The maximum absolute atomic E-state index is 11.3. The minimum absolute atomic E-state index is 0. The van der Waals surface area contributed by atoms with Gasteiger partial charge in [0, 0.05) is 7.97 Å². The van der Waals surface area contributed by atoms with Gasteiger partial charge < -0.3 is 10.1 Å². The lowest BCUT2D eigenvalue weighted by molar-refractivity contribution is 0.0865. The summed E-state index contributed by atoms with van der Waals surface area (Å²) in [6.07, 6.45) is 10.4. The van der Waals surface area contributed by atoms with E-state index >= 15 is 0 Å². The first-order valence-corrected chi connectivity index (χ1v) is 5.92. The number of carbonyl (C=O) groups is 1. The molecule has 0 saturated heterocycles. The van der Waals surface area contributed by atoms with Crippen LogP contribution in [0.5, 0.6) is 0 Å². The van der Waals surface area contributed by atoms with E-state index in [1.165, 1.54) is 0 Å². The van der Waals surface area contributed by atoms with Crippen molar-refractivity contribution in [2.45, 2.75) is 51.6 Å². The molecule has 1 N–H and O–H groups in total. The molecule has 1 atom stereocenters. The monoisotopic (exact) mass is 213 g/mol. The Morgan fingerprint density at radius 3 is 3.07 bits per heavy atom. The van der Waals surface area contributed by atoms with Gasteiger partial charge in [0.25, 0.3) is 0 Å². The molecule has 0 radical (unpaired) electrons. The van der Waals surface area contributed by atoms with Crippen molar-refractivity contribution in [1.82, 2.24) is 5.32 Å². The van der Waals surface area contributed by atoms with Crippen LogP contribution >= 0.6 is 0 Å². The third-order valence-electron chi connectivity index (χ3n) is 2.51. The largest absolute Gasteiger partial charge is 0.446 e. The van der Waals surface area contributed by atoms with Crippen LogP contribution in [0.15, 0.2) is 12.2 Å². The van der Waals surface area contributed by atoms with Gasteiger partial charge in [-0.2, -0.15) is 0 Å². The van der Waals surface area contributed by atoms with Crippen LogP contribution in [0.4, 0.5) is 4.79 Å². The van der Waals surface area contributed by atoms with Gasteiger partial charge in [-0.15, -0.1) is 0 Å². The lowest BCUT2D eigenvalue weighted by Gasteiger charge is -2.18. The lowest BCUT2D eigenvalue weighted by Crippen LogP contribution is -2.29. The molecule has 0 bridgehead atoms. The highest BCUT2D eigenvalue weighted by atomic mass is 16.6. The van der Waals surface area contributed by atoms with E-state index in [9.17, 15) is 4.79 Å². The van der Waals surface area contributed by atoms with E-state index < -0.39 is 0 Å². The Hall–Kier alpha value is -0.990. The number of allylic oxidation sites excluding steroid dienone is 2. The van der Waals surface area contributed by atoms with Gasteiger partial charge in [0.1, 0.15) is 6.10 Å². The Bertz CT molecular complexity index is 219. The van der Waals surface area contributed by atoms with Gasteiger partial charge in [-0.05, 0) is 38.5 Å². The lowest BCUT2D eigenvalue weighted by atomic mass is 10.0. The van der Waals surface area contributed by atoms with Crippen molar-refractivity contribution >= 4 is 6.09 Å². The van der Waals surface area contributed by atoms with Gasteiger partial charge in [-0.1, -0.05) is 19.1 Å². The average Bonchev–Trinajstić information content (AvgIpc) is 2.19. The van der Waals surface area contributed by atoms with Crippen LogP contribution < -0.4 is 5.32 Å². The molecule has 1 rings (SSSR count). The molecule has 0 spiro atoms. The number of ether oxygens (including phenoxy) is 1. The normalized spacial score (nSPS) is 23.7. The van der Waals surface area contributed by atoms with E-state index in [-0.39, 0.29) is 13.6 Å². The predicted octanol–water partition coefficient (Wildman–Crippen LogP) is 3.26. The fourth-order valence-corrected chi connectivity index (χ4v) is 1.66. The summed E-state index contributed by atoms with van der Waals surface area (Å²) in [5.41, 5.74) is 0. The summed E-state index contributed by atoms with van der Waals surface area (Å²) in [5, 5.41) is 2.74. The molecular formula is C12H23NO2. The van der Waals surface area contributed by atoms with Crippen LogP contribution in [0.2, 0.25) is 0 Å². The minimum Gasteiger partial charge on any atom is -0.446 e. The van der Waals surface area contributed by atoms with Crippen molar-refractivity contribution in [3.8, 4) is 0 Å². The molecule has 88 valence electrons. The van der Waals surface area contributed by atoms with Gasteiger partial charge in [0.2, 0.25) is 0 Å². The third kappa shape index (κ3) is 5.45. The quantitative estimate of drug-likeness (QED) is 0.731. The predicted molar refractivity (Wildman–Crippen MR) is 62.9 cm³/mol. The molecule has 0 saturated carbocycles. The number of amides is 1. The molecule has 0 aromatic rings. The smallest absolute Gasteiger partial charge is 0.407 e. The maximum Gasteiger partial charge on any atom is 0.407 e. The summed E-state index contributed by atoms with van der Waals surface area (Å²) in [4.78, 5) is 11.3. The Labute approximate surface area is 93.4 Å². The fraction of sp³-hybridized carbons (Fsp3) is 0.750. The van der Waals surface area contributed by atoms with Crippen LogP contribution in [0.1, 0.15) is 46.9 Å². The van der Waals surface area contributed by atoms with Crippen LogP contribution in [0, 0.1) is 0 Å². The second kappa shape index (κ2) is 7.32. The van der Waals surface area contributed by atoms with Gasteiger partial charge in [0.05, 0.1) is 0 Å². The van der Waals surface area contributed by atoms with Gasteiger partial charge >= 0.3 is 6.09 Å². The maximum atomic E-state index is 11.3. The van der Waals surface area contributed by atoms with Crippen molar-refractivity contribution in [2.75, 3.05) is 6.54 Å². The Balaban J connectivity index is 0.00000225. The molecular weight excluding hydrogens is 190 g/mol. The molecule has 3 nitrogen and oxygen atoms in total. The Morgan fingerprint density at radius 2 is 2.27 bits per heavy atom. The second-order valence-corrected chi connectivity index (χ2v) is 3.93. The van der Waals surface area contributed by atoms with E-state index in [0.29, 0.717) is 6.54 Å². The zero-order chi connectivity index (χ0) is 10.9. The average molecular weight is 213 g/mol. The Kier molecular flexibility index (Phi) is 5.90. The summed E-state index contributed by atoms with van der Waals surface area (Å²) in [6.45, 7) is 2.73. The minimum atomic E-state index is -0.258. The van der Waals surface area contributed by atoms with E-state index in [1.54, 1.807) is 0 Å². The summed E-state index contributed by atoms with van der Waals surface area (Å²) in [6, 6.07) is 0. The van der Waals surface area contributed by atoms with Crippen molar-refractivity contribution in [2.24, 2.45) is 0 Å². The van der Waals surface area contributed by atoms with E-state index in [4.69, 9.17) is 4.74 Å². The first kappa shape index (κ1) is 12.1. The molecule has 0 aromatic carbocycles. The molecule has 1 amide bonds. The van der Waals surface area contributed by atoms with E-state index in [0.717, 1.165) is 38.5 Å². The topological polar surface area (TPSA) is 38.3 Å². The van der Waals surface area contributed by atoms with Crippen molar-refractivity contribution in [3.63, 3.8) is 0 Å². The number of rotatable bonds is 3. The second-order valence-electron chi connectivity index (χ2n) is 3.93. The molecule has 0 aliphatic heterocycles. The molecule has 1 aliphatic carbocycles. The summed E-state index contributed by atoms with van der Waals surface area (Å²) < 4.78 is 5.35. The fourth-order valence-electron chi connectivity index (χ4n) is 1.66. The first-order valence-electron chi connectivity index (χ1n) is 5.92. The highest BCUT2D eigenvalue weighted by Crippen LogP contribution is 2.15. The van der Waals surface area contributed by atoms with Gasteiger partial charge in [0.15, 0.2) is 0 Å². The zero-order valence-corrected chi connectivity index (χ0v) is 9.50. The van der Waals surface area contributed by atoms with Crippen molar-refractivity contribution in [1.29, 1.82) is 0 Å². The number of nitrogens with one attached hydrogen (secondary N) is 1. The van der Waals surface area contributed by atoms with Crippen LogP contribution in [-0.2, 0) is 4.74 Å². The van der Waals surface area contributed by atoms with Crippen LogP contribution in [0.3, 0.4) is 0 Å². The van der Waals surface area contributed by atoms with Crippen LogP contribution in [0.25, 0.3) is 0 Å². The number of hydrogen-bond donors (Lipinski definition) is 1. The highest BCUT2D eigenvalue weighted by Gasteiger charge is 2.13. The third-order valence-corrected chi connectivity index (χ3v) is 2.51. The molecule has 0 aromatic heterocycles. The standard InChI is InChI=1S/C12H21NO2.H2/c1-2-10-13-12(14)15-11-8-6-4-3-5-7-9-11;/h3-4,11H,2,5-10H2,1H3,(H,13,14);1H/b4-3+;. The van der Waals surface area contributed by atoms with Gasteiger partial charge in [-0.3, -0.25) is 0 Å². The van der Waals surface area contributed by atoms with E-state index in [2.05, 4.69) is 17.5 Å².